The number of ether oxygens (including phenoxy) is 1. The quantitative estimate of drug-likeness (QED) is 0.661. The van der Waals surface area contributed by atoms with Crippen LogP contribution in [0, 0.1) is 0 Å². The molecule has 0 radical (unpaired) electrons. The average Bonchev–Trinajstić information content (AvgIpc) is 2.46. The van der Waals surface area contributed by atoms with Gasteiger partial charge >= 0.3 is 0 Å². The second-order valence-electron chi connectivity index (χ2n) is 4.84. The van der Waals surface area contributed by atoms with Crippen LogP contribution in [0.4, 0.5) is 5.69 Å². The number of nitrogens with one attached hydrogen (secondary N) is 2. The van der Waals surface area contributed by atoms with E-state index in [0.717, 1.165) is 6.42 Å². The molecular formula is C15H23N3O3. The largest absolute Gasteiger partial charge is 0.495 e. The summed E-state index contributed by atoms with van der Waals surface area (Å²) < 4.78 is 5.03. The smallest absolute Gasteiger partial charge is 0.251 e. The van der Waals surface area contributed by atoms with E-state index >= 15 is 0 Å². The SMILES string of the molecule is CCC(C)NC(=O)CCNC(=O)c1ccc(OC)c(N)c1. The number of anilines is 1. The highest BCUT2D eigenvalue weighted by Crippen LogP contribution is 2.21. The first-order chi connectivity index (χ1) is 9.97. The average molecular weight is 293 g/mol. The third-order valence-corrected chi connectivity index (χ3v) is 3.15. The highest BCUT2D eigenvalue weighted by molar-refractivity contribution is 5.95. The highest BCUT2D eigenvalue weighted by atomic mass is 16.5. The number of amides is 2. The van der Waals surface area contributed by atoms with Crippen molar-refractivity contribution in [2.75, 3.05) is 19.4 Å². The van der Waals surface area contributed by atoms with E-state index < -0.39 is 0 Å². The molecule has 0 aliphatic rings. The second-order valence-corrected chi connectivity index (χ2v) is 4.84. The third kappa shape index (κ3) is 5.33. The molecule has 4 N–H and O–H groups in total. The molecule has 0 aliphatic heterocycles. The monoisotopic (exact) mass is 293 g/mol. The van der Waals surface area contributed by atoms with Crippen molar-refractivity contribution in [2.45, 2.75) is 32.7 Å². The number of nitrogens with two attached hydrogens (primary N) is 1. The lowest BCUT2D eigenvalue weighted by Crippen LogP contribution is -2.35. The van der Waals surface area contributed by atoms with Crippen molar-refractivity contribution in [1.82, 2.24) is 10.6 Å². The molecule has 116 valence electrons. The summed E-state index contributed by atoms with van der Waals surface area (Å²) in [6.07, 6.45) is 1.13. The first-order valence-electron chi connectivity index (χ1n) is 6.99. The maximum atomic E-state index is 11.9. The molecule has 0 fully saturated rings. The molecule has 0 saturated heterocycles. The molecule has 21 heavy (non-hydrogen) atoms. The fraction of sp³-hybridized carbons (Fsp3) is 0.467. The Balaban J connectivity index is 2.44. The predicted molar refractivity (Wildman–Crippen MR) is 82.3 cm³/mol. The van der Waals surface area contributed by atoms with Crippen molar-refractivity contribution < 1.29 is 14.3 Å². The van der Waals surface area contributed by atoms with E-state index in [1.165, 1.54) is 7.11 Å². The molecular weight excluding hydrogens is 270 g/mol. The molecule has 1 unspecified atom stereocenters. The zero-order valence-electron chi connectivity index (χ0n) is 12.7. The summed E-state index contributed by atoms with van der Waals surface area (Å²) in [7, 11) is 1.52. The van der Waals surface area contributed by atoms with Gasteiger partial charge in [0.25, 0.3) is 5.91 Å². The van der Waals surface area contributed by atoms with Gasteiger partial charge in [0.05, 0.1) is 12.8 Å². The Morgan fingerprint density at radius 1 is 1.38 bits per heavy atom. The van der Waals surface area contributed by atoms with Crippen molar-refractivity contribution in [3.8, 4) is 5.75 Å². The third-order valence-electron chi connectivity index (χ3n) is 3.15. The van der Waals surface area contributed by atoms with Crippen LogP contribution in [-0.2, 0) is 4.79 Å². The first-order valence-corrected chi connectivity index (χ1v) is 6.99. The van der Waals surface area contributed by atoms with E-state index in [2.05, 4.69) is 10.6 Å². The Kier molecular flexibility index (Phi) is 6.52. The number of hydrogen-bond acceptors (Lipinski definition) is 4. The standard InChI is InChI=1S/C15H23N3O3/c1-4-10(2)18-14(19)7-8-17-15(20)11-5-6-13(21-3)12(16)9-11/h5-6,9-10H,4,7-8,16H2,1-3H3,(H,17,20)(H,18,19). The lowest BCUT2D eigenvalue weighted by molar-refractivity contribution is -0.121. The van der Waals surface area contributed by atoms with E-state index in [4.69, 9.17) is 10.5 Å². The summed E-state index contributed by atoms with van der Waals surface area (Å²) in [5.74, 6) is 0.194. The van der Waals surface area contributed by atoms with Crippen LogP contribution in [0.1, 0.15) is 37.0 Å². The summed E-state index contributed by atoms with van der Waals surface area (Å²) in [5, 5.41) is 5.53. The number of methoxy groups -OCH3 is 1. The Hall–Kier alpha value is -2.24. The van der Waals surface area contributed by atoms with Crippen molar-refractivity contribution in [3.05, 3.63) is 23.8 Å². The van der Waals surface area contributed by atoms with Gasteiger partial charge in [0.15, 0.2) is 0 Å². The van der Waals surface area contributed by atoms with Crippen LogP contribution >= 0.6 is 0 Å². The van der Waals surface area contributed by atoms with Crippen molar-refractivity contribution in [2.24, 2.45) is 0 Å². The van der Waals surface area contributed by atoms with Crippen LogP contribution in [0.15, 0.2) is 18.2 Å². The normalized spacial score (nSPS) is 11.6. The fourth-order valence-corrected chi connectivity index (χ4v) is 1.72. The second kappa shape index (κ2) is 8.14. The highest BCUT2D eigenvalue weighted by Gasteiger charge is 2.10. The molecule has 1 rings (SSSR count). The van der Waals surface area contributed by atoms with Gasteiger partial charge in [0.1, 0.15) is 5.75 Å². The molecule has 0 aliphatic carbocycles. The zero-order chi connectivity index (χ0) is 15.8. The molecule has 0 saturated carbocycles. The van der Waals surface area contributed by atoms with Crippen molar-refractivity contribution in [3.63, 3.8) is 0 Å². The number of carbonyl (C=O) groups is 2. The van der Waals surface area contributed by atoms with E-state index in [1.807, 2.05) is 13.8 Å². The van der Waals surface area contributed by atoms with Gasteiger partial charge in [-0.1, -0.05) is 6.92 Å². The molecule has 2 amide bonds. The molecule has 0 bridgehead atoms. The van der Waals surface area contributed by atoms with Crippen LogP contribution < -0.4 is 21.1 Å². The zero-order valence-corrected chi connectivity index (χ0v) is 12.7. The Bertz CT molecular complexity index is 503. The molecule has 0 heterocycles. The molecule has 6 nitrogen and oxygen atoms in total. The lowest BCUT2D eigenvalue weighted by Gasteiger charge is -2.12. The molecule has 6 heteroatoms. The van der Waals surface area contributed by atoms with E-state index in [1.54, 1.807) is 18.2 Å². The van der Waals surface area contributed by atoms with Gasteiger partial charge in [-0.05, 0) is 31.5 Å². The molecule has 1 aromatic carbocycles. The van der Waals surface area contributed by atoms with Gasteiger partial charge in [-0.25, -0.2) is 0 Å². The minimum absolute atomic E-state index is 0.0705. The minimum atomic E-state index is -0.263. The van der Waals surface area contributed by atoms with Crippen LogP contribution in [0.3, 0.4) is 0 Å². The van der Waals surface area contributed by atoms with Crippen LogP contribution in [-0.4, -0.2) is 31.5 Å². The Labute approximate surface area is 125 Å². The molecule has 0 aromatic heterocycles. The number of rotatable bonds is 7. The van der Waals surface area contributed by atoms with E-state index in [0.29, 0.717) is 17.0 Å². The van der Waals surface area contributed by atoms with Crippen molar-refractivity contribution in [1.29, 1.82) is 0 Å². The van der Waals surface area contributed by atoms with Crippen molar-refractivity contribution >= 4 is 17.5 Å². The Morgan fingerprint density at radius 3 is 2.67 bits per heavy atom. The maximum absolute atomic E-state index is 11.9. The molecule has 0 spiro atoms. The van der Waals surface area contributed by atoms with Gasteiger partial charge in [0, 0.05) is 24.6 Å². The fourth-order valence-electron chi connectivity index (χ4n) is 1.72. The topological polar surface area (TPSA) is 93.5 Å². The summed E-state index contributed by atoms with van der Waals surface area (Å²) in [6.45, 7) is 4.23. The van der Waals surface area contributed by atoms with Gasteiger partial charge in [-0.3, -0.25) is 9.59 Å². The number of benzene rings is 1. The number of nitrogen functional groups attached to an aromatic ring is 1. The Morgan fingerprint density at radius 2 is 2.10 bits per heavy atom. The first kappa shape index (κ1) is 16.8. The number of hydrogen-bond donors (Lipinski definition) is 3. The summed E-state index contributed by atoms with van der Waals surface area (Å²) >= 11 is 0. The molecule has 1 atom stereocenters. The minimum Gasteiger partial charge on any atom is -0.495 e. The van der Waals surface area contributed by atoms with Gasteiger partial charge in [0.2, 0.25) is 5.91 Å². The molecule has 1 aromatic rings. The summed E-state index contributed by atoms with van der Waals surface area (Å²) in [6, 6.07) is 4.96. The lowest BCUT2D eigenvalue weighted by atomic mass is 10.1. The predicted octanol–water partition coefficient (Wildman–Crippen LogP) is 1.31. The maximum Gasteiger partial charge on any atom is 0.251 e. The van der Waals surface area contributed by atoms with Crippen LogP contribution in [0.25, 0.3) is 0 Å². The van der Waals surface area contributed by atoms with Crippen LogP contribution in [0.5, 0.6) is 5.75 Å². The summed E-state index contributed by atoms with van der Waals surface area (Å²) in [4.78, 5) is 23.5. The van der Waals surface area contributed by atoms with Gasteiger partial charge in [-0.2, -0.15) is 0 Å². The van der Waals surface area contributed by atoms with Gasteiger partial charge < -0.3 is 21.1 Å². The van der Waals surface area contributed by atoms with E-state index in [-0.39, 0.29) is 30.8 Å². The van der Waals surface area contributed by atoms with Gasteiger partial charge in [-0.15, -0.1) is 0 Å². The number of carbonyl (C=O) groups excluding carboxylic acids is 2. The van der Waals surface area contributed by atoms with E-state index in [9.17, 15) is 9.59 Å². The van der Waals surface area contributed by atoms with Crippen LogP contribution in [0.2, 0.25) is 0 Å². The summed E-state index contributed by atoms with van der Waals surface area (Å²) in [5.41, 5.74) is 6.59.